The number of carbonyl (C=O) groups excluding carboxylic acids is 1. The lowest BCUT2D eigenvalue weighted by molar-refractivity contribution is -0.131. The molecule has 90 valence electrons. The number of rotatable bonds is 6. The molecule has 3 nitrogen and oxygen atoms in total. The summed E-state index contributed by atoms with van der Waals surface area (Å²) in [5.41, 5.74) is 0. The van der Waals surface area contributed by atoms with Crippen molar-refractivity contribution in [2.75, 3.05) is 20.3 Å². The van der Waals surface area contributed by atoms with Crippen LogP contribution in [-0.2, 0) is 16.1 Å². The lowest BCUT2D eigenvalue weighted by atomic mass is 10.3. The van der Waals surface area contributed by atoms with Gasteiger partial charge in [0.05, 0.1) is 13.2 Å². The molecule has 5 heteroatoms. The molecular weight excluding hydrogens is 246 g/mol. The number of ether oxygens (including phenoxy) is 1. The van der Waals surface area contributed by atoms with E-state index in [0.29, 0.717) is 19.7 Å². The van der Waals surface area contributed by atoms with E-state index < -0.39 is 5.38 Å². The van der Waals surface area contributed by atoms with Crippen LogP contribution in [0.5, 0.6) is 0 Å². The minimum Gasteiger partial charge on any atom is -0.383 e. The van der Waals surface area contributed by atoms with E-state index in [1.807, 2.05) is 17.5 Å². The molecule has 1 amide bonds. The second-order valence-corrected chi connectivity index (χ2v) is 5.13. The molecule has 1 unspecified atom stereocenters. The summed E-state index contributed by atoms with van der Waals surface area (Å²) in [6.45, 7) is 3.40. The van der Waals surface area contributed by atoms with Gasteiger partial charge in [0.2, 0.25) is 5.91 Å². The average Bonchev–Trinajstić information content (AvgIpc) is 2.75. The van der Waals surface area contributed by atoms with E-state index in [2.05, 4.69) is 0 Å². The minimum absolute atomic E-state index is 0.0490. The van der Waals surface area contributed by atoms with Crippen LogP contribution in [0, 0.1) is 0 Å². The molecule has 0 fully saturated rings. The zero-order valence-corrected chi connectivity index (χ0v) is 11.1. The van der Waals surface area contributed by atoms with E-state index in [0.717, 1.165) is 4.88 Å². The molecule has 0 saturated heterocycles. The Morgan fingerprint density at radius 2 is 2.44 bits per heavy atom. The standard InChI is InChI=1S/C11H16ClNO2S/c1-9(12)11(14)13(5-6-15-2)8-10-4-3-7-16-10/h3-4,7,9H,5-6,8H2,1-2H3. The lowest BCUT2D eigenvalue weighted by Gasteiger charge is -2.22. The first kappa shape index (κ1) is 13.5. The second kappa shape index (κ2) is 6.89. The van der Waals surface area contributed by atoms with Crippen LogP contribution in [0.3, 0.4) is 0 Å². The highest BCUT2D eigenvalue weighted by atomic mass is 35.5. The number of methoxy groups -OCH3 is 1. The van der Waals surface area contributed by atoms with Gasteiger partial charge in [-0.15, -0.1) is 22.9 Å². The monoisotopic (exact) mass is 261 g/mol. The number of halogens is 1. The molecule has 0 aliphatic carbocycles. The Morgan fingerprint density at radius 3 is 2.94 bits per heavy atom. The molecule has 0 aliphatic heterocycles. The summed E-state index contributed by atoms with van der Waals surface area (Å²) in [5, 5.41) is 1.51. The molecular formula is C11H16ClNO2S. The van der Waals surface area contributed by atoms with Gasteiger partial charge in [0, 0.05) is 18.5 Å². The Labute approximate surface area is 105 Å². The fraction of sp³-hybridized carbons (Fsp3) is 0.545. The summed E-state index contributed by atoms with van der Waals surface area (Å²) >= 11 is 7.45. The number of nitrogens with zero attached hydrogens (tertiary/aromatic N) is 1. The van der Waals surface area contributed by atoms with Crippen molar-refractivity contribution >= 4 is 28.8 Å². The molecule has 0 radical (unpaired) electrons. The van der Waals surface area contributed by atoms with Crippen LogP contribution in [0.4, 0.5) is 0 Å². The SMILES string of the molecule is COCCN(Cc1cccs1)C(=O)C(C)Cl. The number of amides is 1. The van der Waals surface area contributed by atoms with E-state index in [1.165, 1.54) is 0 Å². The molecule has 0 spiro atoms. The van der Waals surface area contributed by atoms with Gasteiger partial charge in [-0.25, -0.2) is 0 Å². The Morgan fingerprint density at radius 1 is 1.69 bits per heavy atom. The Hall–Kier alpha value is -0.580. The van der Waals surface area contributed by atoms with Gasteiger partial charge < -0.3 is 9.64 Å². The maximum Gasteiger partial charge on any atom is 0.240 e. The highest BCUT2D eigenvalue weighted by Crippen LogP contribution is 2.13. The van der Waals surface area contributed by atoms with Crippen LogP contribution in [0.25, 0.3) is 0 Å². The smallest absolute Gasteiger partial charge is 0.240 e. The summed E-state index contributed by atoms with van der Waals surface area (Å²) < 4.78 is 4.99. The van der Waals surface area contributed by atoms with Crippen LogP contribution >= 0.6 is 22.9 Å². The zero-order valence-electron chi connectivity index (χ0n) is 9.48. The molecule has 0 saturated carbocycles. The van der Waals surface area contributed by atoms with Gasteiger partial charge in [0.1, 0.15) is 5.38 Å². The number of hydrogen-bond acceptors (Lipinski definition) is 3. The molecule has 1 heterocycles. The third kappa shape index (κ3) is 4.12. The van der Waals surface area contributed by atoms with Crippen molar-refractivity contribution in [3.05, 3.63) is 22.4 Å². The molecule has 0 aromatic carbocycles. The van der Waals surface area contributed by atoms with Crippen molar-refractivity contribution in [3.8, 4) is 0 Å². The highest BCUT2D eigenvalue weighted by Gasteiger charge is 2.18. The van der Waals surface area contributed by atoms with Crippen molar-refractivity contribution in [3.63, 3.8) is 0 Å². The number of thiophene rings is 1. The Bertz CT molecular complexity index is 314. The van der Waals surface area contributed by atoms with Crippen LogP contribution in [0.2, 0.25) is 0 Å². The molecule has 0 N–H and O–H groups in total. The van der Waals surface area contributed by atoms with Crippen molar-refractivity contribution in [1.82, 2.24) is 4.90 Å². The van der Waals surface area contributed by atoms with E-state index >= 15 is 0 Å². The van der Waals surface area contributed by atoms with E-state index in [4.69, 9.17) is 16.3 Å². The van der Waals surface area contributed by atoms with E-state index in [9.17, 15) is 4.79 Å². The summed E-state index contributed by atoms with van der Waals surface area (Å²) in [7, 11) is 1.62. The van der Waals surface area contributed by atoms with E-state index in [1.54, 1.807) is 30.3 Å². The van der Waals surface area contributed by atoms with Crippen LogP contribution < -0.4 is 0 Å². The van der Waals surface area contributed by atoms with Crippen LogP contribution in [0.1, 0.15) is 11.8 Å². The Balaban J connectivity index is 2.60. The van der Waals surface area contributed by atoms with Gasteiger partial charge in [-0.05, 0) is 18.4 Å². The largest absolute Gasteiger partial charge is 0.383 e. The Kier molecular flexibility index (Phi) is 5.80. The quantitative estimate of drug-likeness (QED) is 0.736. The zero-order chi connectivity index (χ0) is 12.0. The number of alkyl halides is 1. The van der Waals surface area contributed by atoms with Gasteiger partial charge in [-0.2, -0.15) is 0 Å². The molecule has 1 atom stereocenters. The number of hydrogen-bond donors (Lipinski definition) is 0. The summed E-state index contributed by atoms with van der Waals surface area (Å²) in [6, 6.07) is 3.99. The molecule has 16 heavy (non-hydrogen) atoms. The molecule has 0 aliphatic rings. The van der Waals surface area contributed by atoms with Crippen LogP contribution in [0.15, 0.2) is 17.5 Å². The number of carbonyl (C=O) groups is 1. The molecule has 1 aromatic rings. The maximum atomic E-state index is 11.8. The third-order valence-corrected chi connectivity index (χ3v) is 3.19. The van der Waals surface area contributed by atoms with E-state index in [-0.39, 0.29) is 5.91 Å². The third-order valence-electron chi connectivity index (χ3n) is 2.14. The topological polar surface area (TPSA) is 29.5 Å². The predicted octanol–water partition coefficient (Wildman–Crippen LogP) is 2.35. The van der Waals surface area contributed by atoms with Crippen LogP contribution in [-0.4, -0.2) is 36.4 Å². The van der Waals surface area contributed by atoms with Gasteiger partial charge in [-0.1, -0.05) is 6.07 Å². The molecule has 1 rings (SSSR count). The van der Waals surface area contributed by atoms with Crippen molar-refractivity contribution in [2.24, 2.45) is 0 Å². The first-order valence-electron chi connectivity index (χ1n) is 5.09. The summed E-state index contributed by atoms with van der Waals surface area (Å²) in [6.07, 6.45) is 0. The fourth-order valence-electron chi connectivity index (χ4n) is 1.31. The van der Waals surface area contributed by atoms with Gasteiger partial charge in [0.25, 0.3) is 0 Å². The van der Waals surface area contributed by atoms with Crippen molar-refractivity contribution in [1.29, 1.82) is 0 Å². The van der Waals surface area contributed by atoms with Crippen molar-refractivity contribution < 1.29 is 9.53 Å². The van der Waals surface area contributed by atoms with Gasteiger partial charge in [0.15, 0.2) is 0 Å². The minimum atomic E-state index is -0.489. The molecule has 0 bridgehead atoms. The predicted molar refractivity (Wildman–Crippen MR) is 66.9 cm³/mol. The summed E-state index contributed by atoms with van der Waals surface area (Å²) in [4.78, 5) is 14.7. The first-order valence-corrected chi connectivity index (χ1v) is 6.41. The fourth-order valence-corrected chi connectivity index (χ4v) is 2.17. The second-order valence-electron chi connectivity index (χ2n) is 3.45. The van der Waals surface area contributed by atoms with Crippen molar-refractivity contribution in [2.45, 2.75) is 18.8 Å². The molecule has 1 aromatic heterocycles. The lowest BCUT2D eigenvalue weighted by Crippen LogP contribution is -2.37. The first-order chi connectivity index (χ1) is 7.65. The van der Waals surface area contributed by atoms with Gasteiger partial charge >= 0.3 is 0 Å². The average molecular weight is 262 g/mol. The summed E-state index contributed by atoms with van der Waals surface area (Å²) in [5.74, 6) is -0.0490. The highest BCUT2D eigenvalue weighted by molar-refractivity contribution is 7.09. The normalized spacial score (nSPS) is 12.4. The van der Waals surface area contributed by atoms with Gasteiger partial charge in [-0.3, -0.25) is 4.79 Å². The maximum absolute atomic E-state index is 11.8.